The van der Waals surface area contributed by atoms with Gasteiger partial charge in [0.1, 0.15) is 11.6 Å². The molecule has 4 rings (SSSR count). The van der Waals surface area contributed by atoms with E-state index >= 15 is 0 Å². The highest BCUT2D eigenvalue weighted by molar-refractivity contribution is 5.78. The normalized spacial score (nSPS) is 25.7. The van der Waals surface area contributed by atoms with Crippen LogP contribution in [-0.2, 0) is 4.74 Å². The summed E-state index contributed by atoms with van der Waals surface area (Å²) >= 11 is 0. The average Bonchev–Trinajstić information content (AvgIpc) is 2.65. The number of aryl methyl sites for hydroxylation is 1. The zero-order chi connectivity index (χ0) is 18.3. The quantitative estimate of drug-likeness (QED) is 0.909. The minimum Gasteiger partial charge on any atom is -0.497 e. The Hall–Kier alpha value is -1.92. The zero-order valence-electron chi connectivity index (χ0n) is 16.1. The van der Waals surface area contributed by atoms with Crippen molar-refractivity contribution >= 4 is 16.9 Å². The highest BCUT2D eigenvalue weighted by Gasteiger charge is 2.51. The van der Waals surface area contributed by atoms with Gasteiger partial charge in [-0.05, 0) is 25.5 Å². The number of morpholine rings is 1. The van der Waals surface area contributed by atoms with Crippen molar-refractivity contribution in [1.29, 1.82) is 0 Å². The maximum atomic E-state index is 5.50. The number of aromatic nitrogens is 2. The van der Waals surface area contributed by atoms with Gasteiger partial charge in [0.25, 0.3) is 0 Å². The van der Waals surface area contributed by atoms with E-state index in [9.17, 15) is 0 Å². The van der Waals surface area contributed by atoms with Gasteiger partial charge in [0, 0.05) is 36.7 Å². The van der Waals surface area contributed by atoms with Crippen LogP contribution < -0.4 is 10.1 Å². The monoisotopic (exact) mass is 356 g/mol. The molecule has 1 aliphatic heterocycles. The van der Waals surface area contributed by atoms with E-state index in [4.69, 9.17) is 19.4 Å². The maximum Gasteiger partial charge on any atom is 0.148 e. The third-order valence-corrected chi connectivity index (χ3v) is 6.06. The molecule has 1 aromatic carbocycles. The van der Waals surface area contributed by atoms with Crippen LogP contribution >= 0.6 is 0 Å². The fourth-order valence-corrected chi connectivity index (χ4v) is 4.21. The Morgan fingerprint density at radius 3 is 2.65 bits per heavy atom. The van der Waals surface area contributed by atoms with Crippen LogP contribution in [0.2, 0.25) is 0 Å². The molecule has 0 spiro atoms. The second kappa shape index (κ2) is 6.67. The van der Waals surface area contributed by atoms with E-state index in [1.165, 1.54) is 0 Å². The van der Waals surface area contributed by atoms with E-state index in [-0.39, 0.29) is 5.41 Å². The number of rotatable bonds is 4. The third kappa shape index (κ3) is 3.01. The number of nitrogens with one attached hydrogen (secondary N) is 1. The first-order valence-electron chi connectivity index (χ1n) is 9.40. The Kier molecular flexibility index (Phi) is 4.49. The van der Waals surface area contributed by atoms with Crippen molar-refractivity contribution in [3.63, 3.8) is 0 Å². The lowest BCUT2D eigenvalue weighted by molar-refractivity contribution is -0.0636. The Morgan fingerprint density at radius 2 is 1.96 bits per heavy atom. The van der Waals surface area contributed by atoms with Gasteiger partial charge in [0.05, 0.1) is 37.1 Å². The number of methoxy groups -OCH3 is 1. The second-order valence-corrected chi connectivity index (χ2v) is 7.93. The Bertz CT molecular complexity index is 802. The minimum atomic E-state index is 0.195. The van der Waals surface area contributed by atoms with Gasteiger partial charge in [-0.25, -0.2) is 9.97 Å². The van der Waals surface area contributed by atoms with Crippen molar-refractivity contribution in [1.82, 2.24) is 14.9 Å². The van der Waals surface area contributed by atoms with Crippen LogP contribution in [0.5, 0.6) is 5.75 Å². The molecule has 0 amide bonds. The number of hydrogen-bond donors (Lipinski definition) is 1. The van der Waals surface area contributed by atoms with Gasteiger partial charge >= 0.3 is 0 Å². The molecule has 1 saturated heterocycles. The minimum absolute atomic E-state index is 0.195. The number of ether oxygens (including phenoxy) is 2. The molecular weight excluding hydrogens is 328 g/mol. The largest absolute Gasteiger partial charge is 0.497 e. The maximum absolute atomic E-state index is 5.50. The van der Waals surface area contributed by atoms with E-state index in [0.717, 1.165) is 61.0 Å². The summed E-state index contributed by atoms with van der Waals surface area (Å²) in [7, 11) is 1.67. The number of hydrogen-bond acceptors (Lipinski definition) is 6. The number of nitrogens with zero attached hydrogens (tertiary/aromatic N) is 3. The standard InChI is InChI=1S/C20H28N4O2/c1-13-19(22-15-6-5-14(25-4)11-16(15)21-13)23-17-12-18(20(17,2)3)24-7-9-26-10-8-24/h5-6,11,17-18H,7-10,12H2,1-4H3,(H,22,23). The summed E-state index contributed by atoms with van der Waals surface area (Å²) in [5.74, 6) is 1.70. The lowest BCUT2D eigenvalue weighted by Gasteiger charge is -2.57. The molecular formula is C20H28N4O2. The molecule has 2 aliphatic rings. The first kappa shape index (κ1) is 17.5. The number of benzene rings is 1. The Balaban J connectivity index is 1.51. The topological polar surface area (TPSA) is 59.5 Å². The van der Waals surface area contributed by atoms with Gasteiger partial charge in [-0.2, -0.15) is 0 Å². The van der Waals surface area contributed by atoms with Gasteiger partial charge in [-0.15, -0.1) is 0 Å². The molecule has 2 fully saturated rings. The SMILES string of the molecule is COc1ccc2nc(NC3CC(N4CCOCC4)C3(C)C)c(C)nc2c1. The van der Waals surface area contributed by atoms with E-state index in [0.29, 0.717) is 12.1 Å². The Labute approximate surface area is 154 Å². The van der Waals surface area contributed by atoms with Crippen LogP contribution in [0.4, 0.5) is 5.82 Å². The summed E-state index contributed by atoms with van der Waals surface area (Å²) < 4.78 is 10.8. The van der Waals surface area contributed by atoms with Crippen LogP contribution in [0, 0.1) is 12.3 Å². The molecule has 1 aliphatic carbocycles. The number of anilines is 1. The van der Waals surface area contributed by atoms with Crippen LogP contribution in [0.25, 0.3) is 11.0 Å². The predicted molar refractivity (Wildman–Crippen MR) is 103 cm³/mol. The van der Waals surface area contributed by atoms with Crippen molar-refractivity contribution in [3.8, 4) is 5.75 Å². The molecule has 1 N–H and O–H groups in total. The molecule has 6 heteroatoms. The van der Waals surface area contributed by atoms with Crippen LogP contribution in [0.1, 0.15) is 26.0 Å². The summed E-state index contributed by atoms with van der Waals surface area (Å²) in [6, 6.07) is 6.83. The highest BCUT2D eigenvalue weighted by Crippen LogP contribution is 2.45. The molecule has 2 heterocycles. The summed E-state index contributed by atoms with van der Waals surface area (Å²) in [4.78, 5) is 12.1. The van der Waals surface area contributed by atoms with Crippen molar-refractivity contribution in [3.05, 3.63) is 23.9 Å². The van der Waals surface area contributed by atoms with Gasteiger partial charge in [0.15, 0.2) is 0 Å². The fraction of sp³-hybridized carbons (Fsp3) is 0.600. The highest BCUT2D eigenvalue weighted by atomic mass is 16.5. The van der Waals surface area contributed by atoms with Crippen molar-refractivity contribution < 1.29 is 9.47 Å². The molecule has 0 radical (unpaired) electrons. The summed E-state index contributed by atoms with van der Waals surface area (Å²) in [5.41, 5.74) is 2.88. The smallest absolute Gasteiger partial charge is 0.148 e. The molecule has 1 aromatic heterocycles. The van der Waals surface area contributed by atoms with E-state index < -0.39 is 0 Å². The Morgan fingerprint density at radius 1 is 1.19 bits per heavy atom. The van der Waals surface area contributed by atoms with Crippen molar-refractivity contribution in [2.45, 2.75) is 39.3 Å². The summed E-state index contributed by atoms with van der Waals surface area (Å²) in [6.07, 6.45) is 1.13. The molecule has 26 heavy (non-hydrogen) atoms. The summed E-state index contributed by atoms with van der Waals surface area (Å²) in [6.45, 7) is 10.5. The third-order valence-electron chi connectivity index (χ3n) is 6.06. The fourth-order valence-electron chi connectivity index (χ4n) is 4.21. The van der Waals surface area contributed by atoms with Gasteiger partial charge in [0.2, 0.25) is 0 Å². The lowest BCUT2D eigenvalue weighted by Crippen LogP contribution is -2.65. The molecule has 1 saturated carbocycles. The molecule has 2 aromatic rings. The van der Waals surface area contributed by atoms with Gasteiger partial charge in [-0.3, -0.25) is 4.90 Å². The van der Waals surface area contributed by atoms with E-state index in [1.807, 2.05) is 25.1 Å². The van der Waals surface area contributed by atoms with Crippen LogP contribution in [-0.4, -0.2) is 60.4 Å². The molecule has 2 atom stereocenters. The number of fused-ring (bicyclic) bond motifs is 1. The zero-order valence-corrected chi connectivity index (χ0v) is 16.1. The molecule has 140 valence electrons. The summed E-state index contributed by atoms with van der Waals surface area (Å²) in [5, 5.41) is 3.66. The van der Waals surface area contributed by atoms with Crippen molar-refractivity contribution in [2.75, 3.05) is 38.7 Å². The van der Waals surface area contributed by atoms with Crippen molar-refractivity contribution in [2.24, 2.45) is 5.41 Å². The van der Waals surface area contributed by atoms with Gasteiger partial charge < -0.3 is 14.8 Å². The molecule has 2 unspecified atom stereocenters. The van der Waals surface area contributed by atoms with Gasteiger partial charge in [-0.1, -0.05) is 13.8 Å². The van der Waals surface area contributed by atoms with Crippen LogP contribution in [0.15, 0.2) is 18.2 Å². The average molecular weight is 356 g/mol. The second-order valence-electron chi connectivity index (χ2n) is 7.93. The molecule has 6 nitrogen and oxygen atoms in total. The van der Waals surface area contributed by atoms with Crippen LogP contribution in [0.3, 0.4) is 0 Å². The lowest BCUT2D eigenvalue weighted by atomic mass is 9.62. The van der Waals surface area contributed by atoms with E-state index in [2.05, 4.69) is 24.1 Å². The predicted octanol–water partition coefficient (Wildman–Crippen LogP) is 2.86. The van der Waals surface area contributed by atoms with E-state index in [1.54, 1.807) is 7.11 Å². The first-order valence-corrected chi connectivity index (χ1v) is 9.40. The first-order chi connectivity index (χ1) is 12.5. The molecule has 0 bridgehead atoms.